The van der Waals surface area contributed by atoms with Crippen LogP contribution in [0.15, 0.2) is 83.3 Å². The Bertz CT molecular complexity index is 1380. The molecule has 0 unspecified atom stereocenters. The summed E-state index contributed by atoms with van der Waals surface area (Å²) in [5, 5.41) is 9.39. The minimum atomic E-state index is -1.15. The summed E-state index contributed by atoms with van der Waals surface area (Å²) < 4.78 is 22.3. The minimum absolute atomic E-state index is 0.282. The van der Waals surface area contributed by atoms with Gasteiger partial charge in [-0.3, -0.25) is 9.69 Å². The number of amides is 1. The van der Waals surface area contributed by atoms with E-state index in [1.165, 1.54) is 7.11 Å². The number of nitrogens with zero attached hydrogens (tertiary/aromatic N) is 2. The molecular weight excluding hydrogens is 500 g/mol. The first-order valence-electron chi connectivity index (χ1n) is 12.4. The van der Waals surface area contributed by atoms with Gasteiger partial charge < -0.3 is 23.7 Å². The minimum Gasteiger partial charge on any atom is -0.497 e. The molecule has 1 atom stereocenters. The number of methoxy groups -OCH3 is 1. The van der Waals surface area contributed by atoms with Gasteiger partial charge in [-0.25, -0.2) is 9.78 Å². The van der Waals surface area contributed by atoms with Crippen LogP contribution >= 0.6 is 0 Å². The molecule has 4 aromatic rings. The number of ether oxygens (including phenoxy) is 3. The third kappa shape index (κ3) is 7.16. The molecule has 202 valence electrons. The van der Waals surface area contributed by atoms with Crippen LogP contribution in [0, 0.1) is 6.92 Å². The van der Waals surface area contributed by atoms with Crippen LogP contribution in [0.3, 0.4) is 0 Å². The highest BCUT2D eigenvalue weighted by Crippen LogP contribution is 2.26. The van der Waals surface area contributed by atoms with Gasteiger partial charge in [0.05, 0.1) is 25.5 Å². The largest absolute Gasteiger partial charge is 0.497 e. The van der Waals surface area contributed by atoms with Crippen LogP contribution < -0.4 is 14.2 Å². The van der Waals surface area contributed by atoms with Crippen molar-refractivity contribution in [3.63, 3.8) is 0 Å². The average molecular weight is 531 g/mol. The maximum atomic E-state index is 12.9. The Morgan fingerprint density at radius 1 is 0.949 bits per heavy atom. The highest BCUT2D eigenvalue weighted by atomic mass is 16.6. The van der Waals surface area contributed by atoms with Crippen molar-refractivity contribution in [1.82, 2.24) is 9.88 Å². The van der Waals surface area contributed by atoms with Crippen LogP contribution in [0.25, 0.3) is 11.5 Å². The van der Waals surface area contributed by atoms with Crippen molar-refractivity contribution in [3.05, 3.63) is 95.9 Å². The summed E-state index contributed by atoms with van der Waals surface area (Å²) in [4.78, 5) is 30.0. The van der Waals surface area contributed by atoms with Gasteiger partial charge in [-0.1, -0.05) is 30.3 Å². The molecule has 0 aliphatic carbocycles. The summed E-state index contributed by atoms with van der Waals surface area (Å²) in [6.07, 6.45) is -0.222. The highest BCUT2D eigenvalue weighted by molar-refractivity contribution is 5.78. The second-order valence-corrected chi connectivity index (χ2v) is 8.80. The van der Waals surface area contributed by atoms with Crippen LogP contribution in [0.2, 0.25) is 0 Å². The van der Waals surface area contributed by atoms with E-state index >= 15 is 0 Å². The lowest BCUT2D eigenvalue weighted by Crippen LogP contribution is -2.39. The number of carbonyl (C=O) groups excluding carboxylic acids is 1. The lowest BCUT2D eigenvalue weighted by molar-refractivity contribution is -0.138. The Balaban J connectivity index is 1.36. The Kier molecular flexibility index (Phi) is 8.83. The molecule has 9 nitrogen and oxygen atoms in total. The fourth-order valence-corrected chi connectivity index (χ4v) is 3.96. The maximum absolute atomic E-state index is 12.9. The molecule has 0 aliphatic rings. The zero-order valence-electron chi connectivity index (χ0n) is 22.0. The number of aryl methyl sites for hydroxylation is 1. The molecule has 0 saturated heterocycles. The predicted molar refractivity (Wildman–Crippen MR) is 144 cm³/mol. The van der Waals surface area contributed by atoms with Crippen molar-refractivity contribution >= 4 is 12.1 Å². The van der Waals surface area contributed by atoms with E-state index in [1.54, 1.807) is 55.5 Å². The molecule has 1 amide bonds. The number of rotatable bonds is 11. The molecule has 1 heterocycles. The smallest absolute Gasteiger partial charge is 0.416 e. The van der Waals surface area contributed by atoms with E-state index < -0.39 is 24.6 Å². The van der Waals surface area contributed by atoms with Crippen LogP contribution in [-0.2, 0) is 11.2 Å². The number of oxazole rings is 1. The standard InChI is InChI=1S/C30H30N2O7/c1-20-27(39-29(31-20)23-7-5-4-6-8-23)17-18-37-25-11-9-22(10-12-25)21(2)32(19-28(33)34)30(35)38-26-15-13-24(36-3)14-16-26/h4-16,21H,17-19H2,1-3H3,(H,33,34)/t21-/m0/s1. The van der Waals surface area contributed by atoms with Gasteiger partial charge in [0, 0.05) is 12.0 Å². The first-order chi connectivity index (χ1) is 18.8. The van der Waals surface area contributed by atoms with E-state index in [4.69, 9.17) is 18.6 Å². The van der Waals surface area contributed by atoms with Crippen LogP contribution in [-0.4, -0.2) is 47.3 Å². The first kappa shape index (κ1) is 27.3. The van der Waals surface area contributed by atoms with Gasteiger partial charge in [-0.2, -0.15) is 0 Å². The van der Waals surface area contributed by atoms with E-state index in [0.29, 0.717) is 30.4 Å². The second-order valence-electron chi connectivity index (χ2n) is 8.80. The van der Waals surface area contributed by atoms with Gasteiger partial charge in [0.2, 0.25) is 5.89 Å². The number of hydrogen-bond acceptors (Lipinski definition) is 7. The average Bonchev–Trinajstić information content (AvgIpc) is 3.32. The van der Waals surface area contributed by atoms with Gasteiger partial charge in [-0.15, -0.1) is 0 Å². The summed E-state index contributed by atoms with van der Waals surface area (Å²) in [5.74, 6) is 1.73. The van der Waals surface area contributed by atoms with Gasteiger partial charge in [0.15, 0.2) is 0 Å². The Labute approximate surface area is 226 Å². The molecule has 0 bridgehead atoms. The van der Waals surface area contributed by atoms with E-state index in [0.717, 1.165) is 27.5 Å². The van der Waals surface area contributed by atoms with Gasteiger partial charge >= 0.3 is 12.1 Å². The molecule has 1 N–H and O–H groups in total. The number of benzene rings is 3. The van der Waals surface area contributed by atoms with Gasteiger partial charge in [0.25, 0.3) is 0 Å². The van der Waals surface area contributed by atoms with Crippen molar-refractivity contribution in [2.75, 3.05) is 20.3 Å². The van der Waals surface area contributed by atoms with E-state index in [2.05, 4.69) is 4.98 Å². The summed E-state index contributed by atoms with van der Waals surface area (Å²) in [6, 6.07) is 22.8. The van der Waals surface area contributed by atoms with Gasteiger partial charge in [-0.05, 0) is 67.9 Å². The third-order valence-electron chi connectivity index (χ3n) is 6.15. The number of carboxylic acids is 1. The fourth-order valence-electron chi connectivity index (χ4n) is 3.96. The second kappa shape index (κ2) is 12.6. The number of carbonyl (C=O) groups is 2. The number of aliphatic carboxylic acids is 1. The Morgan fingerprint density at radius 3 is 2.23 bits per heavy atom. The van der Waals surface area contributed by atoms with Crippen molar-refractivity contribution in [1.29, 1.82) is 0 Å². The molecule has 0 saturated carbocycles. The summed E-state index contributed by atoms with van der Waals surface area (Å²) in [7, 11) is 1.53. The SMILES string of the molecule is COc1ccc(OC(=O)N(CC(=O)O)[C@@H](C)c2ccc(OCCc3oc(-c4ccccc4)nc3C)cc2)cc1. The molecule has 0 aliphatic heterocycles. The van der Waals surface area contributed by atoms with Gasteiger partial charge in [0.1, 0.15) is 29.6 Å². The Hall–Kier alpha value is -4.79. The predicted octanol–water partition coefficient (Wildman–Crippen LogP) is 5.93. The zero-order valence-corrected chi connectivity index (χ0v) is 22.0. The van der Waals surface area contributed by atoms with Crippen LogP contribution in [0.5, 0.6) is 17.2 Å². The van der Waals surface area contributed by atoms with Crippen molar-refractivity contribution < 1.29 is 33.3 Å². The Morgan fingerprint density at radius 2 is 1.59 bits per heavy atom. The summed E-state index contributed by atoms with van der Waals surface area (Å²) in [5.41, 5.74) is 2.47. The third-order valence-corrected chi connectivity index (χ3v) is 6.15. The van der Waals surface area contributed by atoms with E-state index in [1.807, 2.05) is 37.3 Å². The normalized spacial score (nSPS) is 11.5. The number of carboxylic acid groups (broad SMARTS) is 1. The molecule has 0 fully saturated rings. The first-order valence-corrected chi connectivity index (χ1v) is 12.4. The zero-order chi connectivity index (χ0) is 27.8. The highest BCUT2D eigenvalue weighted by Gasteiger charge is 2.26. The lowest BCUT2D eigenvalue weighted by atomic mass is 10.1. The quantitative estimate of drug-likeness (QED) is 0.254. The summed E-state index contributed by atoms with van der Waals surface area (Å²) >= 11 is 0. The van der Waals surface area contributed by atoms with Crippen molar-refractivity contribution in [2.45, 2.75) is 26.3 Å². The molecule has 0 radical (unpaired) electrons. The van der Waals surface area contributed by atoms with Crippen LogP contribution in [0.1, 0.15) is 30.0 Å². The molecule has 4 rings (SSSR count). The number of aromatic nitrogens is 1. The molecule has 0 spiro atoms. The fraction of sp³-hybridized carbons (Fsp3) is 0.233. The molecule has 9 heteroatoms. The molecular formula is C30H30N2O7. The molecule has 1 aromatic heterocycles. The lowest BCUT2D eigenvalue weighted by Gasteiger charge is -2.27. The topological polar surface area (TPSA) is 111 Å². The van der Waals surface area contributed by atoms with E-state index in [-0.39, 0.29) is 5.75 Å². The van der Waals surface area contributed by atoms with E-state index in [9.17, 15) is 14.7 Å². The monoisotopic (exact) mass is 530 g/mol. The summed E-state index contributed by atoms with van der Waals surface area (Å²) in [6.45, 7) is 3.52. The van der Waals surface area contributed by atoms with Crippen molar-refractivity contribution in [3.8, 4) is 28.7 Å². The van der Waals surface area contributed by atoms with Crippen LogP contribution in [0.4, 0.5) is 4.79 Å². The molecule has 3 aromatic carbocycles. The van der Waals surface area contributed by atoms with Crippen molar-refractivity contribution in [2.24, 2.45) is 0 Å². The molecule has 39 heavy (non-hydrogen) atoms. The number of hydrogen-bond donors (Lipinski definition) is 1. The maximum Gasteiger partial charge on any atom is 0.416 e.